The molecular formula is C16H15ClN4S. The molecule has 22 heavy (non-hydrogen) atoms. The topological polar surface area (TPSA) is 50.7 Å². The fourth-order valence-electron chi connectivity index (χ4n) is 2.28. The fraction of sp³-hybridized carbons (Fsp3) is 0.188. The Bertz CT molecular complexity index is 788. The van der Waals surface area contributed by atoms with Gasteiger partial charge >= 0.3 is 0 Å². The summed E-state index contributed by atoms with van der Waals surface area (Å²) in [5, 5.41) is 4.75. The molecule has 0 saturated heterocycles. The molecule has 112 valence electrons. The van der Waals surface area contributed by atoms with E-state index in [0.29, 0.717) is 0 Å². The molecule has 1 N–H and O–H groups in total. The van der Waals surface area contributed by atoms with Gasteiger partial charge in [-0.05, 0) is 32.4 Å². The average molecular weight is 331 g/mol. The molecule has 0 spiro atoms. The molecule has 0 aliphatic rings. The first kappa shape index (κ1) is 14.9. The van der Waals surface area contributed by atoms with Gasteiger partial charge in [-0.15, -0.1) is 0 Å². The van der Waals surface area contributed by atoms with Crippen molar-refractivity contribution in [3.8, 4) is 10.4 Å². The molecule has 2 heterocycles. The normalized spacial score (nSPS) is 10.7. The molecule has 2 aromatic heterocycles. The maximum absolute atomic E-state index is 6.31. The number of hydrogen-bond donors (Lipinski definition) is 1. The summed E-state index contributed by atoms with van der Waals surface area (Å²) in [5.41, 5.74) is 3.09. The van der Waals surface area contributed by atoms with Crippen molar-refractivity contribution < 1.29 is 0 Å². The Kier molecular flexibility index (Phi) is 4.09. The van der Waals surface area contributed by atoms with Crippen molar-refractivity contribution in [2.75, 3.05) is 5.32 Å². The first-order valence-electron chi connectivity index (χ1n) is 6.83. The number of anilines is 2. The highest BCUT2D eigenvalue weighted by atomic mass is 35.5. The molecule has 0 fully saturated rings. The lowest BCUT2D eigenvalue weighted by molar-refractivity contribution is 1.01. The first-order valence-corrected chi connectivity index (χ1v) is 8.03. The van der Waals surface area contributed by atoms with Gasteiger partial charge in [0.1, 0.15) is 11.6 Å². The average Bonchev–Trinajstić information content (AvgIpc) is 2.85. The Labute approximate surface area is 138 Å². The van der Waals surface area contributed by atoms with E-state index in [4.69, 9.17) is 11.6 Å². The Morgan fingerprint density at radius 1 is 1.14 bits per heavy atom. The van der Waals surface area contributed by atoms with E-state index in [1.165, 1.54) is 0 Å². The molecule has 0 bridgehead atoms. The number of halogens is 1. The van der Waals surface area contributed by atoms with E-state index in [0.717, 1.165) is 43.5 Å². The van der Waals surface area contributed by atoms with Crippen LogP contribution in [-0.2, 0) is 0 Å². The van der Waals surface area contributed by atoms with Crippen molar-refractivity contribution in [1.29, 1.82) is 0 Å². The molecule has 0 amide bonds. The van der Waals surface area contributed by atoms with Crippen molar-refractivity contribution in [2.45, 2.75) is 20.8 Å². The van der Waals surface area contributed by atoms with Crippen LogP contribution in [0.3, 0.4) is 0 Å². The number of nitrogens with one attached hydrogen (secondary N) is 1. The van der Waals surface area contributed by atoms with E-state index < -0.39 is 0 Å². The quantitative estimate of drug-likeness (QED) is 0.740. The SMILES string of the molecule is Cc1cc(Nc2ncc(-c3c(C)cccc3Cl)s2)nc(C)n1. The number of aryl methyl sites for hydroxylation is 3. The van der Waals surface area contributed by atoms with E-state index in [2.05, 4.69) is 20.3 Å². The van der Waals surface area contributed by atoms with Gasteiger partial charge in [0.15, 0.2) is 5.13 Å². The second-order valence-electron chi connectivity index (χ2n) is 5.03. The molecule has 0 aliphatic carbocycles. The van der Waals surface area contributed by atoms with Gasteiger partial charge in [-0.1, -0.05) is 35.1 Å². The van der Waals surface area contributed by atoms with E-state index in [9.17, 15) is 0 Å². The molecule has 3 aromatic rings. The third kappa shape index (κ3) is 3.10. The summed E-state index contributed by atoms with van der Waals surface area (Å²) in [6.45, 7) is 5.87. The Morgan fingerprint density at radius 2 is 1.95 bits per heavy atom. The predicted octanol–water partition coefficient (Wildman–Crippen LogP) is 4.92. The fourth-order valence-corrected chi connectivity index (χ4v) is 3.61. The minimum absolute atomic E-state index is 0.737. The lowest BCUT2D eigenvalue weighted by Gasteiger charge is -2.05. The Morgan fingerprint density at radius 3 is 2.68 bits per heavy atom. The van der Waals surface area contributed by atoms with Gasteiger partial charge in [0, 0.05) is 28.5 Å². The second kappa shape index (κ2) is 6.02. The number of benzene rings is 1. The van der Waals surface area contributed by atoms with E-state index in [1.54, 1.807) is 11.3 Å². The molecule has 1 aromatic carbocycles. The molecule has 0 unspecified atom stereocenters. The van der Waals surface area contributed by atoms with Crippen molar-refractivity contribution in [1.82, 2.24) is 15.0 Å². The van der Waals surface area contributed by atoms with Crippen LogP contribution in [0.2, 0.25) is 5.02 Å². The molecular weight excluding hydrogens is 316 g/mol. The highest BCUT2D eigenvalue weighted by molar-refractivity contribution is 7.19. The molecule has 6 heteroatoms. The van der Waals surface area contributed by atoms with E-state index in [1.807, 2.05) is 51.2 Å². The number of aromatic nitrogens is 3. The maximum atomic E-state index is 6.31. The lowest BCUT2D eigenvalue weighted by atomic mass is 10.1. The summed E-state index contributed by atoms with van der Waals surface area (Å²) in [6, 6.07) is 7.79. The summed E-state index contributed by atoms with van der Waals surface area (Å²) < 4.78 is 0. The van der Waals surface area contributed by atoms with Gasteiger partial charge in [-0.25, -0.2) is 15.0 Å². The van der Waals surface area contributed by atoms with Crippen molar-refractivity contribution in [3.05, 3.63) is 52.6 Å². The molecule has 0 saturated carbocycles. The highest BCUT2D eigenvalue weighted by Gasteiger charge is 2.11. The molecule has 3 rings (SSSR count). The van der Waals surface area contributed by atoms with Crippen LogP contribution in [0, 0.1) is 20.8 Å². The third-order valence-corrected chi connectivity index (χ3v) is 4.42. The van der Waals surface area contributed by atoms with Gasteiger partial charge in [0.05, 0.1) is 4.88 Å². The van der Waals surface area contributed by atoms with Gasteiger partial charge in [-0.2, -0.15) is 0 Å². The first-order chi connectivity index (χ1) is 10.5. The summed E-state index contributed by atoms with van der Waals surface area (Å²) in [5.74, 6) is 1.49. The summed E-state index contributed by atoms with van der Waals surface area (Å²) in [4.78, 5) is 14.1. The summed E-state index contributed by atoms with van der Waals surface area (Å²) in [7, 11) is 0. The van der Waals surface area contributed by atoms with Crippen LogP contribution < -0.4 is 5.32 Å². The predicted molar refractivity (Wildman–Crippen MR) is 92.1 cm³/mol. The van der Waals surface area contributed by atoms with Gasteiger partial charge < -0.3 is 5.32 Å². The van der Waals surface area contributed by atoms with Crippen LogP contribution in [0.15, 0.2) is 30.5 Å². The van der Waals surface area contributed by atoms with Crippen LogP contribution >= 0.6 is 22.9 Å². The minimum Gasteiger partial charge on any atom is -0.316 e. The molecule has 0 radical (unpaired) electrons. The lowest BCUT2D eigenvalue weighted by Crippen LogP contribution is -1.98. The van der Waals surface area contributed by atoms with Crippen LogP contribution in [0.5, 0.6) is 0 Å². The Hall–Kier alpha value is -1.98. The zero-order valence-electron chi connectivity index (χ0n) is 12.5. The van der Waals surface area contributed by atoms with Crippen LogP contribution in [0.25, 0.3) is 10.4 Å². The zero-order valence-corrected chi connectivity index (χ0v) is 14.1. The Balaban J connectivity index is 1.91. The maximum Gasteiger partial charge on any atom is 0.188 e. The molecule has 0 aliphatic heterocycles. The number of hydrogen-bond acceptors (Lipinski definition) is 5. The van der Waals surface area contributed by atoms with Gasteiger partial charge in [-0.3, -0.25) is 0 Å². The van der Waals surface area contributed by atoms with Crippen molar-refractivity contribution in [3.63, 3.8) is 0 Å². The van der Waals surface area contributed by atoms with Gasteiger partial charge in [0.2, 0.25) is 0 Å². The minimum atomic E-state index is 0.737. The standard InChI is InChI=1S/C16H15ClN4S/c1-9-5-4-6-12(17)15(9)13-8-18-16(22-13)21-14-7-10(2)19-11(3)20-14/h4-8H,1-3H3,(H,18,19,20,21). The smallest absolute Gasteiger partial charge is 0.188 e. The van der Waals surface area contributed by atoms with E-state index in [-0.39, 0.29) is 0 Å². The largest absolute Gasteiger partial charge is 0.316 e. The summed E-state index contributed by atoms with van der Waals surface area (Å²) in [6.07, 6.45) is 1.84. The number of rotatable bonds is 3. The monoisotopic (exact) mass is 330 g/mol. The second-order valence-corrected chi connectivity index (χ2v) is 6.47. The van der Waals surface area contributed by atoms with Gasteiger partial charge in [0.25, 0.3) is 0 Å². The molecule has 0 atom stereocenters. The number of thiazole rings is 1. The van der Waals surface area contributed by atoms with Crippen LogP contribution in [-0.4, -0.2) is 15.0 Å². The van der Waals surface area contributed by atoms with Crippen LogP contribution in [0.1, 0.15) is 17.1 Å². The van der Waals surface area contributed by atoms with Crippen molar-refractivity contribution in [2.24, 2.45) is 0 Å². The summed E-state index contributed by atoms with van der Waals surface area (Å²) >= 11 is 7.87. The number of nitrogens with zero attached hydrogens (tertiary/aromatic N) is 3. The third-order valence-electron chi connectivity index (χ3n) is 3.18. The van der Waals surface area contributed by atoms with E-state index >= 15 is 0 Å². The highest BCUT2D eigenvalue weighted by Crippen LogP contribution is 2.36. The van der Waals surface area contributed by atoms with Crippen molar-refractivity contribution >= 4 is 33.9 Å². The zero-order chi connectivity index (χ0) is 15.7. The van der Waals surface area contributed by atoms with Crippen LogP contribution in [0.4, 0.5) is 10.9 Å². The molecule has 4 nitrogen and oxygen atoms in total.